The number of rotatable bonds is 6. The Morgan fingerprint density at radius 1 is 1.08 bits per heavy atom. The van der Waals surface area contributed by atoms with Crippen molar-refractivity contribution < 1.29 is 19.4 Å². The standard InChI is InChI=1S/C18H18INO4/c1-20(18(23)24-12-14-5-3-2-4-6-14)16(17(21)22)11-13-7-9-15(19)10-8-13/h2-10,16H,11-12H2,1H3,(H,21,22)/t16-/m0/s1. The molecule has 126 valence electrons. The van der Waals surface area contributed by atoms with Gasteiger partial charge in [0.25, 0.3) is 0 Å². The Balaban J connectivity index is 1.99. The van der Waals surface area contributed by atoms with Gasteiger partial charge in [0.15, 0.2) is 0 Å². The summed E-state index contributed by atoms with van der Waals surface area (Å²) in [6.07, 6.45) is -0.430. The number of hydrogen-bond acceptors (Lipinski definition) is 3. The Morgan fingerprint density at radius 2 is 1.71 bits per heavy atom. The van der Waals surface area contributed by atoms with E-state index in [2.05, 4.69) is 22.6 Å². The number of carbonyl (C=O) groups excluding carboxylic acids is 1. The normalized spacial score (nSPS) is 11.6. The predicted octanol–water partition coefficient (Wildman–Crippen LogP) is 3.56. The van der Waals surface area contributed by atoms with Gasteiger partial charge in [0, 0.05) is 17.0 Å². The first-order valence-corrected chi connectivity index (χ1v) is 8.46. The third-order valence-electron chi connectivity index (χ3n) is 3.59. The van der Waals surface area contributed by atoms with Gasteiger partial charge in [0.1, 0.15) is 12.6 Å². The van der Waals surface area contributed by atoms with Crippen molar-refractivity contribution in [1.82, 2.24) is 4.90 Å². The van der Waals surface area contributed by atoms with Gasteiger partial charge in [-0.15, -0.1) is 0 Å². The van der Waals surface area contributed by atoms with Gasteiger partial charge in [-0.05, 0) is 45.9 Å². The van der Waals surface area contributed by atoms with E-state index in [1.54, 1.807) is 0 Å². The maximum atomic E-state index is 12.1. The van der Waals surface area contributed by atoms with E-state index in [4.69, 9.17) is 4.74 Å². The Bertz CT molecular complexity index is 688. The molecule has 1 atom stereocenters. The third kappa shape index (κ3) is 5.23. The van der Waals surface area contributed by atoms with Crippen LogP contribution in [0, 0.1) is 3.57 Å². The number of benzene rings is 2. The van der Waals surface area contributed by atoms with Crippen LogP contribution in [0.4, 0.5) is 4.79 Å². The van der Waals surface area contributed by atoms with Crippen LogP contribution in [0.1, 0.15) is 11.1 Å². The van der Waals surface area contributed by atoms with Crippen molar-refractivity contribution >= 4 is 34.7 Å². The summed E-state index contributed by atoms with van der Waals surface area (Å²) >= 11 is 2.18. The maximum Gasteiger partial charge on any atom is 0.410 e. The summed E-state index contributed by atoms with van der Waals surface area (Å²) < 4.78 is 6.27. The summed E-state index contributed by atoms with van der Waals surface area (Å²) in [4.78, 5) is 24.8. The molecular weight excluding hydrogens is 421 g/mol. The van der Waals surface area contributed by atoms with Crippen molar-refractivity contribution in [3.05, 3.63) is 69.3 Å². The zero-order valence-corrected chi connectivity index (χ0v) is 15.3. The third-order valence-corrected chi connectivity index (χ3v) is 4.31. The molecule has 5 nitrogen and oxygen atoms in total. The zero-order chi connectivity index (χ0) is 17.5. The van der Waals surface area contributed by atoms with Crippen LogP contribution in [0.2, 0.25) is 0 Å². The van der Waals surface area contributed by atoms with Gasteiger partial charge in [0.05, 0.1) is 0 Å². The Hall–Kier alpha value is -2.09. The quantitative estimate of drug-likeness (QED) is 0.700. The van der Waals surface area contributed by atoms with Gasteiger partial charge < -0.3 is 9.84 Å². The van der Waals surface area contributed by atoms with Gasteiger partial charge in [-0.2, -0.15) is 0 Å². The molecular formula is C18H18INO4. The average molecular weight is 439 g/mol. The fourth-order valence-electron chi connectivity index (χ4n) is 2.18. The molecule has 2 aromatic carbocycles. The van der Waals surface area contributed by atoms with Crippen LogP contribution in [0.15, 0.2) is 54.6 Å². The summed E-state index contributed by atoms with van der Waals surface area (Å²) in [5, 5.41) is 9.44. The smallest absolute Gasteiger partial charge is 0.410 e. The van der Waals surface area contributed by atoms with Crippen molar-refractivity contribution in [3.63, 3.8) is 0 Å². The second kappa shape index (κ2) is 8.68. The molecule has 1 amide bonds. The van der Waals surface area contributed by atoms with Crippen LogP contribution < -0.4 is 0 Å². The van der Waals surface area contributed by atoms with Gasteiger partial charge >= 0.3 is 12.1 Å². The first kappa shape index (κ1) is 18.3. The number of ether oxygens (including phenoxy) is 1. The lowest BCUT2D eigenvalue weighted by atomic mass is 10.1. The van der Waals surface area contributed by atoms with Gasteiger partial charge in [-0.3, -0.25) is 4.90 Å². The molecule has 0 radical (unpaired) electrons. The van der Waals surface area contributed by atoms with Crippen LogP contribution >= 0.6 is 22.6 Å². The number of hydrogen-bond donors (Lipinski definition) is 1. The summed E-state index contributed by atoms with van der Waals surface area (Å²) in [6.45, 7) is 0.111. The molecule has 0 aliphatic rings. The molecule has 0 bridgehead atoms. The lowest BCUT2D eigenvalue weighted by Gasteiger charge is -2.24. The highest BCUT2D eigenvalue weighted by Crippen LogP contribution is 2.13. The lowest BCUT2D eigenvalue weighted by molar-refractivity contribution is -0.142. The predicted molar refractivity (Wildman–Crippen MR) is 98.7 cm³/mol. The minimum Gasteiger partial charge on any atom is -0.480 e. The molecule has 0 aliphatic carbocycles. The van der Waals surface area contributed by atoms with E-state index >= 15 is 0 Å². The molecule has 0 saturated heterocycles. The second-order valence-corrected chi connectivity index (χ2v) is 6.58. The molecule has 6 heteroatoms. The Labute approximate surface area is 154 Å². The molecule has 0 fully saturated rings. The van der Waals surface area contributed by atoms with E-state index in [1.165, 1.54) is 7.05 Å². The number of aliphatic carboxylic acids is 1. The molecule has 0 saturated carbocycles. The SMILES string of the molecule is CN(C(=O)OCc1ccccc1)[C@@H](Cc1ccc(I)cc1)C(=O)O. The number of carboxylic acids is 1. The topological polar surface area (TPSA) is 66.8 Å². The van der Waals surface area contributed by atoms with Crippen LogP contribution in [0.25, 0.3) is 0 Å². The van der Waals surface area contributed by atoms with Gasteiger partial charge in [0.2, 0.25) is 0 Å². The molecule has 24 heavy (non-hydrogen) atoms. The first-order valence-electron chi connectivity index (χ1n) is 7.38. The van der Waals surface area contributed by atoms with E-state index in [0.29, 0.717) is 0 Å². The Kier molecular flexibility index (Phi) is 6.60. The fraction of sp³-hybridized carbons (Fsp3) is 0.222. The molecule has 2 aromatic rings. The average Bonchev–Trinajstić information content (AvgIpc) is 2.59. The van der Waals surface area contributed by atoms with Crippen molar-refractivity contribution in [2.75, 3.05) is 7.05 Å². The second-order valence-electron chi connectivity index (χ2n) is 5.34. The molecule has 0 heterocycles. The van der Waals surface area contributed by atoms with Gasteiger partial charge in [-0.25, -0.2) is 9.59 Å². The zero-order valence-electron chi connectivity index (χ0n) is 13.2. The number of halogens is 1. The highest BCUT2D eigenvalue weighted by atomic mass is 127. The van der Waals surface area contributed by atoms with Crippen LogP contribution in [0.3, 0.4) is 0 Å². The molecule has 0 spiro atoms. The van der Waals surface area contributed by atoms with E-state index in [9.17, 15) is 14.7 Å². The molecule has 0 aliphatic heterocycles. The lowest BCUT2D eigenvalue weighted by Crippen LogP contribution is -2.44. The molecule has 0 aromatic heterocycles. The highest BCUT2D eigenvalue weighted by molar-refractivity contribution is 14.1. The monoisotopic (exact) mass is 439 g/mol. The fourth-order valence-corrected chi connectivity index (χ4v) is 2.54. The Morgan fingerprint density at radius 3 is 2.29 bits per heavy atom. The number of nitrogens with zero attached hydrogens (tertiary/aromatic N) is 1. The van der Waals surface area contributed by atoms with E-state index in [-0.39, 0.29) is 13.0 Å². The van der Waals surface area contributed by atoms with Crippen molar-refractivity contribution in [3.8, 4) is 0 Å². The first-order chi connectivity index (χ1) is 11.5. The summed E-state index contributed by atoms with van der Waals surface area (Å²) in [6, 6.07) is 15.8. The van der Waals surface area contributed by atoms with Gasteiger partial charge in [-0.1, -0.05) is 42.5 Å². The largest absolute Gasteiger partial charge is 0.480 e. The number of carboxylic acid groups (broad SMARTS) is 1. The maximum absolute atomic E-state index is 12.1. The minimum atomic E-state index is -1.06. The summed E-state index contributed by atoms with van der Waals surface area (Å²) in [5.74, 6) is -1.06. The number of likely N-dealkylation sites (N-methyl/N-ethyl adjacent to an activating group) is 1. The van der Waals surface area contributed by atoms with E-state index in [0.717, 1.165) is 19.6 Å². The van der Waals surface area contributed by atoms with Crippen molar-refractivity contribution in [2.45, 2.75) is 19.1 Å². The van der Waals surface area contributed by atoms with Crippen LogP contribution in [-0.4, -0.2) is 35.2 Å². The summed E-state index contributed by atoms with van der Waals surface area (Å²) in [5.41, 5.74) is 1.70. The molecule has 1 N–H and O–H groups in total. The van der Waals surface area contributed by atoms with Crippen molar-refractivity contribution in [2.24, 2.45) is 0 Å². The molecule has 0 unspecified atom stereocenters. The van der Waals surface area contributed by atoms with E-state index in [1.807, 2.05) is 54.6 Å². The molecule has 2 rings (SSSR count). The van der Waals surface area contributed by atoms with Crippen LogP contribution in [0.5, 0.6) is 0 Å². The van der Waals surface area contributed by atoms with Crippen LogP contribution in [-0.2, 0) is 22.6 Å². The van der Waals surface area contributed by atoms with E-state index < -0.39 is 18.1 Å². The highest BCUT2D eigenvalue weighted by Gasteiger charge is 2.27. The van der Waals surface area contributed by atoms with Crippen molar-refractivity contribution in [1.29, 1.82) is 0 Å². The number of carbonyl (C=O) groups is 2. The summed E-state index contributed by atoms with van der Waals surface area (Å²) in [7, 11) is 1.44. The minimum absolute atomic E-state index is 0.111. The number of amides is 1.